The van der Waals surface area contributed by atoms with Gasteiger partial charge in [-0.25, -0.2) is 0 Å². The molecule has 3 nitrogen and oxygen atoms in total. The van der Waals surface area contributed by atoms with Gasteiger partial charge in [-0.2, -0.15) is 0 Å². The van der Waals surface area contributed by atoms with E-state index in [4.69, 9.17) is 0 Å². The minimum Gasteiger partial charge on any atom is -0.309 e. The molecule has 2 aromatic carbocycles. The zero-order valence-electron chi connectivity index (χ0n) is 13.9. The topological polar surface area (TPSA) is 29.0 Å². The van der Waals surface area contributed by atoms with Gasteiger partial charge < -0.3 is 4.67 Å². The molecule has 2 aliphatic rings. The molecule has 122 valence electrons. The van der Waals surface area contributed by atoms with Crippen molar-refractivity contribution in [3.05, 3.63) is 85.5 Å². The summed E-state index contributed by atoms with van der Waals surface area (Å²) < 4.78 is 2.49. The van der Waals surface area contributed by atoms with Crippen molar-refractivity contribution in [3.63, 3.8) is 0 Å². The molecule has 2 aliphatic heterocycles. The average Bonchev–Trinajstić information content (AvgIpc) is 2.73. The smallest absolute Gasteiger partial charge is 0.0716 e. The Bertz CT molecular complexity index is 987. The highest BCUT2D eigenvalue weighted by Crippen LogP contribution is 2.60. The molecule has 0 saturated carbocycles. The highest BCUT2D eigenvalue weighted by Gasteiger charge is 2.38. The van der Waals surface area contributed by atoms with Crippen LogP contribution in [0.2, 0.25) is 0 Å². The summed E-state index contributed by atoms with van der Waals surface area (Å²) in [7, 11) is -0.686. The summed E-state index contributed by atoms with van der Waals surface area (Å²) in [5.74, 6) is 0. The molecule has 1 unspecified atom stereocenters. The first-order chi connectivity index (χ1) is 12.9. The van der Waals surface area contributed by atoms with Crippen LogP contribution in [0.4, 0.5) is 11.4 Å². The van der Waals surface area contributed by atoms with E-state index >= 15 is 0 Å². The van der Waals surface area contributed by atoms with Crippen LogP contribution in [-0.2, 0) is 0 Å². The Morgan fingerprint density at radius 2 is 1.23 bits per heavy atom. The Hall–Kier alpha value is -3.03. The molecule has 4 aromatic rings. The van der Waals surface area contributed by atoms with E-state index in [0.717, 1.165) is 0 Å². The number of rotatable bonds is 0. The van der Waals surface area contributed by atoms with Gasteiger partial charge >= 0.3 is 0 Å². The fourth-order valence-electron chi connectivity index (χ4n) is 4.02. The first-order valence-electron chi connectivity index (χ1n) is 8.60. The zero-order valence-corrected chi connectivity index (χ0v) is 14.8. The summed E-state index contributed by atoms with van der Waals surface area (Å²) >= 11 is 0. The molecule has 2 aromatic heterocycles. The van der Waals surface area contributed by atoms with E-state index in [1.807, 2.05) is 24.8 Å². The molecule has 0 saturated heterocycles. The van der Waals surface area contributed by atoms with Gasteiger partial charge in [-0.05, 0) is 23.3 Å². The van der Waals surface area contributed by atoms with Crippen LogP contribution in [0.25, 0.3) is 22.3 Å². The van der Waals surface area contributed by atoms with Crippen LogP contribution in [0.3, 0.4) is 0 Å². The molecule has 26 heavy (non-hydrogen) atoms. The van der Waals surface area contributed by atoms with E-state index in [2.05, 4.69) is 75.3 Å². The van der Waals surface area contributed by atoms with Crippen molar-refractivity contribution < 1.29 is 0 Å². The van der Waals surface area contributed by atoms with Gasteiger partial charge in [0.05, 0.1) is 25.6 Å². The second-order valence-corrected chi connectivity index (χ2v) is 8.43. The Labute approximate surface area is 152 Å². The number of benzene rings is 2. The van der Waals surface area contributed by atoms with Crippen LogP contribution in [-0.4, -0.2) is 9.97 Å². The molecule has 0 amide bonds. The Morgan fingerprint density at radius 1 is 0.577 bits per heavy atom. The maximum atomic E-state index is 4.44. The normalized spacial score (nSPS) is 16.0. The van der Waals surface area contributed by atoms with E-state index in [-0.39, 0.29) is 0 Å². The highest BCUT2D eigenvalue weighted by atomic mass is 31.1. The van der Waals surface area contributed by atoms with Crippen LogP contribution in [0, 0.1) is 0 Å². The fraction of sp³-hybridized carbons (Fsp3) is 0. The van der Waals surface area contributed by atoms with E-state index in [1.54, 1.807) is 0 Å². The van der Waals surface area contributed by atoms with Crippen LogP contribution in [0.1, 0.15) is 0 Å². The third-order valence-electron chi connectivity index (χ3n) is 5.10. The lowest BCUT2D eigenvalue weighted by Crippen LogP contribution is -2.33. The number of pyridine rings is 2. The molecule has 0 radical (unpaired) electrons. The Morgan fingerprint density at radius 3 is 2.04 bits per heavy atom. The molecule has 0 aliphatic carbocycles. The molecule has 4 heterocycles. The van der Waals surface area contributed by atoms with Crippen molar-refractivity contribution in [1.29, 1.82) is 0 Å². The van der Waals surface area contributed by atoms with Gasteiger partial charge in [-0.1, -0.05) is 48.5 Å². The van der Waals surface area contributed by atoms with Crippen molar-refractivity contribution >= 4 is 30.1 Å². The van der Waals surface area contributed by atoms with Crippen molar-refractivity contribution in [2.45, 2.75) is 0 Å². The average molecular weight is 351 g/mol. The number of nitrogens with zero attached hydrogens (tertiary/aromatic N) is 3. The maximum Gasteiger partial charge on any atom is 0.0716 e. The van der Waals surface area contributed by atoms with Gasteiger partial charge in [0.1, 0.15) is 0 Å². The predicted molar refractivity (Wildman–Crippen MR) is 108 cm³/mol. The van der Waals surface area contributed by atoms with Crippen LogP contribution >= 0.6 is 8.07 Å². The van der Waals surface area contributed by atoms with Gasteiger partial charge in [0, 0.05) is 40.3 Å². The Balaban J connectivity index is 1.77. The van der Waals surface area contributed by atoms with E-state index in [1.165, 1.54) is 44.2 Å². The van der Waals surface area contributed by atoms with Crippen molar-refractivity contribution in [1.82, 2.24) is 9.97 Å². The predicted octanol–water partition coefficient (Wildman–Crippen LogP) is 4.62. The number of hydrogen-bond acceptors (Lipinski definition) is 3. The van der Waals surface area contributed by atoms with Gasteiger partial charge in [0.2, 0.25) is 0 Å². The third kappa shape index (κ3) is 1.76. The van der Waals surface area contributed by atoms with E-state index in [9.17, 15) is 0 Å². The summed E-state index contributed by atoms with van der Waals surface area (Å²) in [5.41, 5.74) is 7.44. The standard InChI is InChI=1S/C22H14N3P/c1-3-7-21-16(5-1)15-9-11-24-14-20(15)25-19-10-12-23-13-18(19)17-6-2-4-8-22(17)26(21)25/h1-14H. The fourth-order valence-corrected chi connectivity index (χ4v) is 6.78. The lowest BCUT2D eigenvalue weighted by molar-refractivity contribution is 1.26. The molecular formula is C22H14N3P. The summed E-state index contributed by atoms with van der Waals surface area (Å²) in [4.78, 5) is 8.84. The van der Waals surface area contributed by atoms with Gasteiger partial charge in [-0.3, -0.25) is 9.97 Å². The number of anilines is 2. The lowest BCUT2D eigenvalue weighted by Gasteiger charge is -2.44. The monoisotopic (exact) mass is 351 g/mol. The minimum absolute atomic E-state index is 0.686. The lowest BCUT2D eigenvalue weighted by atomic mass is 10.0. The molecule has 4 heteroatoms. The second-order valence-electron chi connectivity index (χ2n) is 6.44. The molecule has 1 atom stereocenters. The van der Waals surface area contributed by atoms with E-state index < -0.39 is 8.07 Å². The zero-order chi connectivity index (χ0) is 17.1. The highest BCUT2D eigenvalue weighted by molar-refractivity contribution is 7.75. The van der Waals surface area contributed by atoms with E-state index in [0.29, 0.717) is 0 Å². The van der Waals surface area contributed by atoms with Crippen molar-refractivity contribution in [3.8, 4) is 22.3 Å². The number of fused-ring (bicyclic) bond motifs is 11. The molecular weight excluding hydrogens is 337 g/mol. The number of hydrogen-bond donors (Lipinski definition) is 0. The first kappa shape index (κ1) is 14.2. The molecule has 0 N–H and O–H groups in total. The largest absolute Gasteiger partial charge is 0.309 e. The maximum absolute atomic E-state index is 4.44. The molecule has 0 bridgehead atoms. The minimum atomic E-state index is -0.686. The summed E-state index contributed by atoms with van der Waals surface area (Å²) in [6.07, 6.45) is 7.75. The molecule has 0 spiro atoms. The van der Waals surface area contributed by atoms with Gasteiger partial charge in [-0.15, -0.1) is 0 Å². The summed E-state index contributed by atoms with van der Waals surface area (Å²) in [6.45, 7) is 0. The summed E-state index contributed by atoms with van der Waals surface area (Å²) in [5, 5.41) is 2.78. The van der Waals surface area contributed by atoms with Crippen LogP contribution in [0.5, 0.6) is 0 Å². The first-order valence-corrected chi connectivity index (χ1v) is 9.90. The quantitative estimate of drug-likeness (QED) is 0.433. The Kier molecular flexibility index (Phi) is 2.85. The summed E-state index contributed by atoms with van der Waals surface area (Å²) in [6, 6.07) is 21.8. The molecule has 6 rings (SSSR count). The second kappa shape index (κ2) is 5.23. The van der Waals surface area contributed by atoms with Gasteiger partial charge in [0.15, 0.2) is 0 Å². The molecule has 0 fully saturated rings. The SMILES string of the molecule is c1ccc2c(c1)-c1cnccc1N1c3cnccc3-c3ccccc3P21. The third-order valence-corrected chi connectivity index (χ3v) is 7.62. The van der Waals surface area contributed by atoms with Crippen LogP contribution < -0.4 is 15.3 Å². The van der Waals surface area contributed by atoms with Crippen molar-refractivity contribution in [2.24, 2.45) is 0 Å². The van der Waals surface area contributed by atoms with Crippen LogP contribution in [0.15, 0.2) is 85.5 Å². The van der Waals surface area contributed by atoms with Gasteiger partial charge in [0.25, 0.3) is 0 Å². The number of aromatic nitrogens is 2. The van der Waals surface area contributed by atoms with Crippen molar-refractivity contribution in [2.75, 3.05) is 4.67 Å².